The second-order valence-electron chi connectivity index (χ2n) is 5.73. The van der Waals surface area contributed by atoms with Gasteiger partial charge < -0.3 is 59.9 Å². The quantitative estimate of drug-likeness (QED) is 0.0993. The van der Waals surface area contributed by atoms with Gasteiger partial charge in [0.05, 0.1) is 0 Å². The molecule has 2 fully saturated rings. The van der Waals surface area contributed by atoms with Gasteiger partial charge in [0, 0.05) is 17.1 Å². The summed E-state index contributed by atoms with van der Waals surface area (Å²) in [7, 11) is 0. The summed E-state index contributed by atoms with van der Waals surface area (Å²) in [4.78, 5) is 16.7. The monoisotopic (exact) mass is 497 g/mol. The Kier molecular flexibility index (Phi) is 13.0. The van der Waals surface area contributed by atoms with Crippen molar-refractivity contribution in [3.8, 4) is 0 Å². The first-order valence-corrected chi connectivity index (χ1v) is 8.20. The average Bonchev–Trinajstić information content (AvgIpc) is 2.59. The summed E-state index contributed by atoms with van der Waals surface area (Å²) in [5.41, 5.74) is 23.9. The maximum absolute atomic E-state index is 8.36. The minimum atomic E-state index is -1.50. The summed E-state index contributed by atoms with van der Waals surface area (Å²) < 4.78 is 0. The van der Waals surface area contributed by atoms with Crippen molar-refractivity contribution in [3.05, 3.63) is 60.1 Å². The molecule has 0 saturated carbocycles. The molecule has 0 aromatic heterocycles. The van der Waals surface area contributed by atoms with Crippen molar-refractivity contribution in [2.75, 3.05) is 0 Å². The van der Waals surface area contributed by atoms with Gasteiger partial charge in [-0.05, 0) is 12.6 Å². The van der Waals surface area contributed by atoms with Crippen molar-refractivity contribution < 1.29 is 37.7 Å². The van der Waals surface area contributed by atoms with E-state index < -0.39 is 35.3 Å². The molecule has 0 spiro atoms. The largest absolute Gasteiger partial charge is 0.682 e. The summed E-state index contributed by atoms with van der Waals surface area (Å²) in [6.07, 6.45) is 3.07. The molecule has 0 amide bonds. The van der Waals surface area contributed by atoms with Crippen molar-refractivity contribution in [2.24, 2.45) is 22.9 Å². The van der Waals surface area contributed by atoms with Gasteiger partial charge in [0.25, 0.3) is 10.2 Å². The molecule has 1 radical (unpaired) electrons. The summed E-state index contributed by atoms with van der Waals surface area (Å²) in [5, 5.41) is 52.5. The summed E-state index contributed by atoms with van der Waals surface area (Å²) in [5.74, 6) is 0. The number of nitrogens with zero attached hydrogens (tertiary/aromatic N) is 5. The van der Waals surface area contributed by atoms with Crippen LogP contribution in [0, 0.1) is 20.2 Å². The molecule has 3 aliphatic rings. The van der Waals surface area contributed by atoms with Gasteiger partial charge in [-0.15, -0.1) is 26.3 Å². The van der Waals surface area contributed by atoms with Gasteiger partial charge in [0.1, 0.15) is 12.6 Å². The normalized spacial score (nSPS) is 34.2. The van der Waals surface area contributed by atoms with Crippen LogP contribution in [0.1, 0.15) is 0 Å². The standard InChI is InChI=1S/C11H22N11.Cu.2HNO3/c12-8-17-6(18-9(13)21-8)4-2-1-3-5(16-4)7-19-10(14)22-11(15)20-7;;2*2-1(3)4/h1-4,6-11,17,19,21-22H,12-15H2;;2*(H,2,3,4)/q-3;;;. The predicted molar refractivity (Wildman–Crippen MR) is 101 cm³/mol. The Morgan fingerprint density at radius 2 is 1.39 bits per heavy atom. The molecule has 31 heavy (non-hydrogen) atoms. The molecule has 20 heteroatoms. The van der Waals surface area contributed by atoms with Gasteiger partial charge >= 0.3 is 0 Å². The van der Waals surface area contributed by atoms with Crippen molar-refractivity contribution in [1.82, 2.24) is 21.3 Å². The van der Waals surface area contributed by atoms with E-state index >= 15 is 0 Å². The molecule has 3 aliphatic heterocycles. The summed E-state index contributed by atoms with van der Waals surface area (Å²) in [6, 6.07) is -0.224. The molecule has 0 aromatic carbocycles. The van der Waals surface area contributed by atoms with Crippen LogP contribution in [0.3, 0.4) is 0 Å². The van der Waals surface area contributed by atoms with Crippen LogP contribution in [-0.2, 0) is 17.1 Å². The maximum Gasteiger partial charge on any atom is 0.291 e. The van der Waals surface area contributed by atoms with E-state index in [9.17, 15) is 0 Å². The number of hydrogen-bond donors (Lipinski definition) is 10. The van der Waals surface area contributed by atoms with E-state index in [1.807, 2.05) is 18.2 Å². The van der Waals surface area contributed by atoms with Crippen LogP contribution >= 0.6 is 0 Å². The van der Waals surface area contributed by atoms with Crippen molar-refractivity contribution in [2.45, 2.75) is 43.5 Å². The molecule has 2 saturated heterocycles. The van der Waals surface area contributed by atoms with Crippen LogP contribution < -0.4 is 44.2 Å². The Bertz CT molecular complexity index is 601. The number of allylic oxidation sites excluding steroid dienone is 2. The zero-order valence-corrected chi connectivity index (χ0v) is 16.6. The third-order valence-corrected chi connectivity index (χ3v) is 3.50. The van der Waals surface area contributed by atoms with E-state index in [4.69, 9.17) is 53.6 Å². The van der Waals surface area contributed by atoms with Crippen LogP contribution in [0.15, 0.2) is 23.9 Å². The van der Waals surface area contributed by atoms with Crippen LogP contribution in [0.5, 0.6) is 0 Å². The van der Waals surface area contributed by atoms with Gasteiger partial charge in [0.15, 0.2) is 0 Å². The predicted octanol–water partition coefficient (Wildman–Crippen LogP) is -3.76. The summed E-state index contributed by atoms with van der Waals surface area (Å²) >= 11 is 0. The Balaban J connectivity index is 0.000000867. The van der Waals surface area contributed by atoms with E-state index in [-0.39, 0.29) is 35.4 Å². The topological polar surface area (TPSA) is 321 Å². The van der Waals surface area contributed by atoms with E-state index in [1.165, 1.54) is 0 Å². The Morgan fingerprint density at radius 3 is 1.87 bits per heavy atom. The molecule has 7 unspecified atom stereocenters. The SMILES string of the molecule is NC1[N-]C(C2=CC=CC(C3[N-]C(N)NC(N)N3)[N-]2)NC(N)N1.O=[N+]([O-])O.O=[N+]([O-])O.[Cu]. The number of rotatable bonds is 2. The molecule has 3 heterocycles. The van der Waals surface area contributed by atoms with Gasteiger partial charge in [-0.3, -0.25) is 10.6 Å². The van der Waals surface area contributed by atoms with Gasteiger partial charge in [-0.1, -0.05) is 30.6 Å². The van der Waals surface area contributed by atoms with Crippen LogP contribution in [0.2, 0.25) is 0 Å². The van der Waals surface area contributed by atoms with Crippen molar-refractivity contribution in [1.29, 1.82) is 0 Å². The maximum atomic E-state index is 8.36. The van der Waals surface area contributed by atoms with Crippen LogP contribution in [0.25, 0.3) is 16.0 Å². The van der Waals surface area contributed by atoms with E-state index in [0.29, 0.717) is 0 Å². The Hall–Kier alpha value is -2.20. The van der Waals surface area contributed by atoms with Crippen molar-refractivity contribution in [3.63, 3.8) is 0 Å². The molecule has 0 bridgehead atoms. The first-order valence-electron chi connectivity index (χ1n) is 8.20. The number of nitrogens with two attached hydrogens (primary N) is 4. The molecular weight excluding hydrogens is 474 g/mol. The van der Waals surface area contributed by atoms with E-state index in [2.05, 4.69) is 37.2 Å². The third kappa shape index (κ3) is 11.7. The van der Waals surface area contributed by atoms with E-state index in [1.54, 1.807) is 0 Å². The van der Waals surface area contributed by atoms with Gasteiger partial charge in [-0.25, -0.2) is 0 Å². The van der Waals surface area contributed by atoms with Gasteiger partial charge in [0.2, 0.25) is 0 Å². The Morgan fingerprint density at radius 1 is 0.903 bits per heavy atom. The minimum Gasteiger partial charge on any atom is -0.682 e. The molecular formula is C11H24CuN13O6-3. The molecule has 183 valence electrons. The molecule has 0 aromatic rings. The zero-order valence-electron chi connectivity index (χ0n) is 15.6. The zero-order chi connectivity index (χ0) is 22.8. The first-order chi connectivity index (χ1) is 14.0. The first kappa shape index (κ1) is 28.8. The summed E-state index contributed by atoms with van der Waals surface area (Å²) in [6.45, 7) is 0. The molecule has 7 atom stereocenters. The molecule has 14 N–H and O–H groups in total. The fraction of sp³-hybridized carbons (Fsp3) is 0.636. The fourth-order valence-electron chi connectivity index (χ4n) is 2.54. The van der Waals surface area contributed by atoms with Crippen LogP contribution in [-0.4, -0.2) is 64.1 Å². The van der Waals surface area contributed by atoms with Gasteiger partial charge in [-0.2, -0.15) is 5.70 Å². The molecule has 3 rings (SSSR count). The molecule has 19 nitrogen and oxygen atoms in total. The average molecular weight is 498 g/mol. The number of nitrogens with one attached hydrogen (secondary N) is 4. The fourth-order valence-corrected chi connectivity index (χ4v) is 2.54. The minimum absolute atomic E-state index is 0. The second kappa shape index (κ2) is 14.0. The molecule has 0 aliphatic carbocycles. The number of hydrogen-bond acceptors (Lipinski definition) is 12. The van der Waals surface area contributed by atoms with Crippen LogP contribution in [0.4, 0.5) is 0 Å². The van der Waals surface area contributed by atoms with E-state index in [0.717, 1.165) is 5.70 Å². The Labute approximate surface area is 186 Å². The smallest absolute Gasteiger partial charge is 0.291 e. The van der Waals surface area contributed by atoms with Crippen molar-refractivity contribution >= 4 is 0 Å². The second-order valence-corrected chi connectivity index (χ2v) is 5.73. The third-order valence-electron chi connectivity index (χ3n) is 3.50.